The fourth-order valence-electron chi connectivity index (χ4n) is 5.68. The molecule has 3 fully saturated rings. The molecule has 3 aromatic rings. The third-order valence-corrected chi connectivity index (χ3v) is 8.49. The first-order valence-electron chi connectivity index (χ1n) is 14.0. The zero-order valence-corrected chi connectivity index (χ0v) is 23.4. The number of nitrogens with one attached hydrogen (secondary N) is 1. The summed E-state index contributed by atoms with van der Waals surface area (Å²) in [6.07, 6.45) is 6.85. The second-order valence-electron chi connectivity index (χ2n) is 10.9. The van der Waals surface area contributed by atoms with Crippen molar-refractivity contribution in [2.24, 2.45) is 0 Å². The Balaban J connectivity index is 1.38. The van der Waals surface area contributed by atoms with Crippen LogP contribution in [0.3, 0.4) is 0 Å². The summed E-state index contributed by atoms with van der Waals surface area (Å²) >= 11 is 0. The van der Waals surface area contributed by atoms with Crippen LogP contribution >= 0.6 is 0 Å². The van der Waals surface area contributed by atoms with E-state index < -0.39 is 10.0 Å². The Morgan fingerprint density at radius 1 is 1.05 bits per heavy atom. The molecule has 2 aliphatic heterocycles. The van der Waals surface area contributed by atoms with Gasteiger partial charge < -0.3 is 14.5 Å². The van der Waals surface area contributed by atoms with E-state index in [1.54, 1.807) is 6.07 Å². The Morgan fingerprint density at radius 3 is 2.56 bits per heavy atom. The van der Waals surface area contributed by atoms with Gasteiger partial charge in [0.1, 0.15) is 5.82 Å². The average Bonchev–Trinajstić information content (AvgIpc) is 3.70. The number of hydrogen-bond acceptors (Lipinski definition) is 7. The molecule has 10 nitrogen and oxygen atoms in total. The van der Waals surface area contributed by atoms with Crippen LogP contribution in [-0.4, -0.2) is 72.9 Å². The third kappa shape index (κ3) is 5.47. The first kappa shape index (κ1) is 26.1. The molecule has 2 saturated heterocycles. The summed E-state index contributed by atoms with van der Waals surface area (Å²) < 4.78 is 34.2. The van der Waals surface area contributed by atoms with Crippen molar-refractivity contribution in [3.8, 4) is 0 Å². The van der Waals surface area contributed by atoms with Crippen molar-refractivity contribution < 1.29 is 17.9 Å². The van der Waals surface area contributed by atoms with Gasteiger partial charge in [-0.3, -0.25) is 9.52 Å². The van der Waals surface area contributed by atoms with Gasteiger partial charge in [-0.1, -0.05) is 13.0 Å². The zero-order valence-electron chi connectivity index (χ0n) is 22.6. The predicted molar refractivity (Wildman–Crippen MR) is 150 cm³/mol. The second-order valence-corrected chi connectivity index (χ2v) is 12.6. The number of carbonyl (C=O) groups is 1. The second kappa shape index (κ2) is 10.4. The molecule has 39 heavy (non-hydrogen) atoms. The van der Waals surface area contributed by atoms with Gasteiger partial charge in [0.25, 0.3) is 5.91 Å². The van der Waals surface area contributed by atoms with Crippen molar-refractivity contribution in [1.82, 2.24) is 19.5 Å². The number of anilines is 2. The smallest absolute Gasteiger partial charge is 0.256 e. The van der Waals surface area contributed by atoms with Crippen LogP contribution in [0.4, 0.5) is 11.5 Å². The van der Waals surface area contributed by atoms with E-state index in [9.17, 15) is 13.2 Å². The lowest BCUT2D eigenvalue weighted by Gasteiger charge is -2.35. The number of aromatic nitrogens is 3. The van der Waals surface area contributed by atoms with Crippen LogP contribution in [0, 0.1) is 0 Å². The highest BCUT2D eigenvalue weighted by Gasteiger charge is 2.33. The van der Waals surface area contributed by atoms with Gasteiger partial charge in [0.2, 0.25) is 10.0 Å². The molecule has 1 aromatic carbocycles. The first-order valence-corrected chi connectivity index (χ1v) is 15.8. The third-order valence-electron chi connectivity index (χ3n) is 7.90. The molecule has 1 atom stereocenters. The topological polar surface area (TPSA) is 109 Å². The number of aryl methyl sites for hydroxylation is 1. The van der Waals surface area contributed by atoms with E-state index in [1.165, 1.54) is 0 Å². The van der Waals surface area contributed by atoms with Gasteiger partial charge in [-0.25, -0.2) is 13.4 Å². The van der Waals surface area contributed by atoms with Gasteiger partial charge in [-0.15, -0.1) is 0 Å². The number of carbonyl (C=O) groups excluding carboxylic acids is 1. The van der Waals surface area contributed by atoms with Crippen LogP contribution in [-0.2, 0) is 21.2 Å². The van der Waals surface area contributed by atoms with Gasteiger partial charge >= 0.3 is 0 Å². The van der Waals surface area contributed by atoms with Gasteiger partial charge in [-0.05, 0) is 56.2 Å². The largest absolute Gasteiger partial charge is 0.378 e. The van der Waals surface area contributed by atoms with E-state index in [-0.39, 0.29) is 11.9 Å². The molecule has 6 rings (SSSR count). The minimum Gasteiger partial charge on any atom is -0.378 e. The quantitative estimate of drug-likeness (QED) is 0.476. The molecule has 1 N–H and O–H groups in total. The molecule has 4 heterocycles. The first-order chi connectivity index (χ1) is 18.8. The number of piperidine rings is 1. The molecule has 0 spiro atoms. The number of sulfonamides is 1. The molecule has 0 bridgehead atoms. The van der Waals surface area contributed by atoms with Crippen molar-refractivity contribution in [3.63, 3.8) is 0 Å². The molecule has 0 unspecified atom stereocenters. The number of ether oxygens (including phenoxy) is 1. The van der Waals surface area contributed by atoms with Crippen molar-refractivity contribution in [2.45, 2.75) is 57.4 Å². The normalized spacial score (nSPS) is 20.4. The molecule has 11 heteroatoms. The van der Waals surface area contributed by atoms with Crippen molar-refractivity contribution in [1.29, 1.82) is 0 Å². The molecular formula is C28H36N6O4S. The minimum absolute atomic E-state index is 0.182. The summed E-state index contributed by atoms with van der Waals surface area (Å²) in [5, 5.41) is 5.04. The molecular weight excluding hydrogens is 516 g/mol. The lowest BCUT2D eigenvalue weighted by atomic mass is 9.97. The van der Waals surface area contributed by atoms with Crippen LogP contribution in [0.15, 0.2) is 30.3 Å². The summed E-state index contributed by atoms with van der Waals surface area (Å²) in [6.45, 7) is 5.57. The van der Waals surface area contributed by atoms with E-state index in [2.05, 4.69) is 15.7 Å². The van der Waals surface area contributed by atoms with Crippen LogP contribution in [0.1, 0.15) is 78.3 Å². The Labute approximate surface area is 229 Å². The van der Waals surface area contributed by atoms with Gasteiger partial charge in [-0.2, -0.15) is 9.61 Å². The molecule has 1 aliphatic carbocycles. The standard InChI is InChI=1S/C28H36N6O4S/c1-3-19-7-10-22(31-39(2,36)37)21(16-19)28(35)33-11-5-4-6-25(33)24-17-26-29-23(20-8-9-20)18-27(34(26)30-24)32-12-14-38-15-13-32/h7,10,16-18,20,25,31H,3-6,8-9,11-15H2,1-2H3/t25-/m0/s1. The van der Waals surface area contributed by atoms with E-state index >= 15 is 0 Å². The van der Waals surface area contributed by atoms with Crippen molar-refractivity contribution in [2.75, 3.05) is 48.7 Å². The monoisotopic (exact) mass is 552 g/mol. The number of benzene rings is 1. The maximum atomic E-state index is 14.1. The summed E-state index contributed by atoms with van der Waals surface area (Å²) in [5.74, 6) is 1.35. The summed E-state index contributed by atoms with van der Waals surface area (Å²) in [4.78, 5) is 23.2. The van der Waals surface area contributed by atoms with Crippen LogP contribution in [0.5, 0.6) is 0 Å². The van der Waals surface area contributed by atoms with Crippen molar-refractivity contribution >= 4 is 33.1 Å². The fraction of sp³-hybridized carbons (Fsp3) is 0.536. The van der Waals surface area contributed by atoms with Crippen molar-refractivity contribution in [3.05, 3.63) is 52.8 Å². The number of likely N-dealkylation sites (tertiary alicyclic amines) is 1. The Hall–Kier alpha value is -3.18. The van der Waals surface area contributed by atoms with E-state index in [4.69, 9.17) is 14.8 Å². The lowest BCUT2D eigenvalue weighted by Crippen LogP contribution is -2.39. The number of nitrogens with zero attached hydrogens (tertiary/aromatic N) is 5. The number of amides is 1. The fourth-order valence-corrected chi connectivity index (χ4v) is 6.26. The average molecular weight is 553 g/mol. The highest BCUT2D eigenvalue weighted by Crippen LogP contribution is 2.41. The molecule has 0 radical (unpaired) electrons. The molecule has 208 valence electrons. The molecule has 1 amide bonds. The van der Waals surface area contributed by atoms with Gasteiger partial charge in [0.15, 0.2) is 5.65 Å². The molecule has 1 saturated carbocycles. The van der Waals surface area contributed by atoms with E-state index in [0.29, 0.717) is 36.9 Å². The SMILES string of the molecule is CCc1ccc(NS(C)(=O)=O)c(C(=O)N2CCCC[C@H]2c2cc3nc(C4CC4)cc(N4CCOCC4)n3n2)c1. The zero-order chi connectivity index (χ0) is 27.1. The summed E-state index contributed by atoms with van der Waals surface area (Å²) in [7, 11) is -3.55. The van der Waals surface area contributed by atoms with E-state index in [0.717, 1.165) is 86.3 Å². The molecule has 2 aromatic heterocycles. The summed E-state index contributed by atoms with van der Waals surface area (Å²) in [6, 6.07) is 9.35. The maximum Gasteiger partial charge on any atom is 0.256 e. The number of morpholine rings is 1. The Kier molecular flexibility index (Phi) is 6.96. The lowest BCUT2D eigenvalue weighted by molar-refractivity contribution is 0.0606. The summed E-state index contributed by atoms with van der Waals surface area (Å²) in [5.41, 5.74) is 4.40. The Bertz CT molecular complexity index is 1490. The minimum atomic E-state index is -3.55. The number of hydrogen-bond donors (Lipinski definition) is 1. The van der Waals surface area contributed by atoms with Crippen LogP contribution in [0.2, 0.25) is 0 Å². The number of fused-ring (bicyclic) bond motifs is 1. The predicted octanol–water partition coefficient (Wildman–Crippen LogP) is 3.74. The van der Waals surface area contributed by atoms with Gasteiger partial charge in [0, 0.05) is 43.4 Å². The van der Waals surface area contributed by atoms with E-state index in [1.807, 2.05) is 34.5 Å². The number of rotatable bonds is 7. The van der Waals surface area contributed by atoms with Crippen LogP contribution < -0.4 is 9.62 Å². The molecule has 3 aliphatic rings. The van der Waals surface area contributed by atoms with Gasteiger partial charge in [0.05, 0.1) is 42.5 Å². The van der Waals surface area contributed by atoms with Crippen LogP contribution in [0.25, 0.3) is 5.65 Å². The highest BCUT2D eigenvalue weighted by atomic mass is 32.2. The Morgan fingerprint density at radius 2 is 1.85 bits per heavy atom. The highest BCUT2D eigenvalue weighted by molar-refractivity contribution is 7.92. The maximum absolute atomic E-state index is 14.1.